The van der Waals surface area contributed by atoms with Gasteiger partial charge in [-0.15, -0.1) is 0 Å². The third kappa shape index (κ3) is 4.00. The third-order valence-electron chi connectivity index (χ3n) is 4.33. The van der Waals surface area contributed by atoms with Gasteiger partial charge in [0.1, 0.15) is 12.0 Å². The molecule has 0 bridgehead atoms. The number of aryl methyl sites for hydroxylation is 1. The van der Waals surface area contributed by atoms with Crippen LogP contribution in [0.25, 0.3) is 22.6 Å². The number of hydrogen-bond donors (Lipinski definition) is 1. The standard InChI is InChI=1S/C21H16ClN5O2/c1-13-5-4-9-24-19(13)20-18(16-8-10-23-12-25-16)21(29-27-20)26-17(28)11-14-6-2-3-7-15(14)22/h2-10,12H,11H2,1H3,(H,26,28). The number of aromatic nitrogens is 4. The molecule has 0 saturated heterocycles. The molecule has 1 aromatic carbocycles. The first-order chi connectivity index (χ1) is 14.1. The fourth-order valence-corrected chi connectivity index (χ4v) is 3.13. The summed E-state index contributed by atoms with van der Waals surface area (Å²) in [5.74, 6) is -0.0883. The SMILES string of the molecule is Cc1cccnc1-c1noc(NC(=O)Cc2ccccc2Cl)c1-c1ccncn1. The number of nitrogens with zero attached hydrogens (tertiary/aromatic N) is 4. The summed E-state index contributed by atoms with van der Waals surface area (Å²) in [6.45, 7) is 1.93. The van der Waals surface area contributed by atoms with Crippen LogP contribution in [0.15, 0.2) is 65.7 Å². The number of nitrogens with one attached hydrogen (secondary N) is 1. The molecule has 1 N–H and O–H groups in total. The van der Waals surface area contributed by atoms with E-state index in [-0.39, 0.29) is 18.2 Å². The van der Waals surface area contributed by atoms with Crippen molar-refractivity contribution in [2.24, 2.45) is 0 Å². The monoisotopic (exact) mass is 405 g/mol. The second kappa shape index (κ2) is 8.20. The number of halogens is 1. The number of hydrogen-bond acceptors (Lipinski definition) is 6. The molecule has 0 atom stereocenters. The average molecular weight is 406 g/mol. The van der Waals surface area contributed by atoms with Gasteiger partial charge < -0.3 is 4.52 Å². The summed E-state index contributed by atoms with van der Waals surface area (Å²) in [4.78, 5) is 25.3. The Labute approximate surface area is 171 Å². The lowest BCUT2D eigenvalue weighted by atomic mass is 10.1. The second-order valence-electron chi connectivity index (χ2n) is 6.32. The van der Waals surface area contributed by atoms with Gasteiger partial charge in [0.15, 0.2) is 0 Å². The summed E-state index contributed by atoms with van der Waals surface area (Å²) in [5, 5.41) is 7.47. The Kier molecular flexibility index (Phi) is 5.31. The van der Waals surface area contributed by atoms with Crippen molar-refractivity contribution in [1.82, 2.24) is 20.1 Å². The molecular formula is C21H16ClN5O2. The second-order valence-corrected chi connectivity index (χ2v) is 6.72. The summed E-state index contributed by atoms with van der Waals surface area (Å²) in [7, 11) is 0. The Morgan fingerprint density at radius 3 is 2.69 bits per heavy atom. The molecule has 4 aromatic rings. The van der Waals surface area contributed by atoms with Crippen molar-refractivity contribution in [3.05, 3.63) is 77.3 Å². The first-order valence-electron chi connectivity index (χ1n) is 8.85. The van der Waals surface area contributed by atoms with E-state index in [1.165, 1.54) is 6.33 Å². The fourth-order valence-electron chi connectivity index (χ4n) is 2.93. The van der Waals surface area contributed by atoms with Gasteiger partial charge in [0, 0.05) is 17.4 Å². The van der Waals surface area contributed by atoms with Crippen molar-refractivity contribution in [1.29, 1.82) is 0 Å². The topological polar surface area (TPSA) is 93.8 Å². The molecule has 3 aromatic heterocycles. The highest BCUT2D eigenvalue weighted by molar-refractivity contribution is 6.31. The lowest BCUT2D eigenvalue weighted by Crippen LogP contribution is -2.14. The highest BCUT2D eigenvalue weighted by Crippen LogP contribution is 2.37. The maximum Gasteiger partial charge on any atom is 0.241 e. The number of carbonyl (C=O) groups excluding carboxylic acids is 1. The van der Waals surface area contributed by atoms with Crippen LogP contribution in [-0.2, 0) is 11.2 Å². The molecule has 3 heterocycles. The molecule has 144 valence electrons. The molecule has 0 unspecified atom stereocenters. The van der Waals surface area contributed by atoms with Gasteiger partial charge in [-0.25, -0.2) is 9.97 Å². The molecule has 0 aliphatic rings. The van der Waals surface area contributed by atoms with E-state index in [0.29, 0.717) is 27.7 Å². The number of anilines is 1. The molecule has 0 saturated carbocycles. The summed E-state index contributed by atoms with van der Waals surface area (Å²) in [6.07, 6.45) is 4.81. The zero-order valence-electron chi connectivity index (χ0n) is 15.5. The molecule has 8 heteroatoms. The van der Waals surface area contributed by atoms with E-state index in [9.17, 15) is 4.79 Å². The predicted molar refractivity (Wildman–Crippen MR) is 109 cm³/mol. The maximum absolute atomic E-state index is 12.6. The van der Waals surface area contributed by atoms with Gasteiger partial charge in [0.05, 0.1) is 23.4 Å². The van der Waals surface area contributed by atoms with Crippen LogP contribution in [-0.4, -0.2) is 26.0 Å². The van der Waals surface area contributed by atoms with Gasteiger partial charge in [0.2, 0.25) is 11.8 Å². The van der Waals surface area contributed by atoms with Crippen molar-refractivity contribution in [3.8, 4) is 22.6 Å². The van der Waals surface area contributed by atoms with Crippen LogP contribution in [0.1, 0.15) is 11.1 Å². The fraction of sp³-hybridized carbons (Fsp3) is 0.0952. The minimum atomic E-state index is -0.283. The highest BCUT2D eigenvalue weighted by Gasteiger charge is 2.24. The number of rotatable bonds is 5. The van der Waals surface area contributed by atoms with Crippen LogP contribution in [0.3, 0.4) is 0 Å². The van der Waals surface area contributed by atoms with Gasteiger partial charge in [-0.1, -0.05) is 41.0 Å². The number of carbonyl (C=O) groups is 1. The molecule has 0 radical (unpaired) electrons. The summed E-state index contributed by atoms with van der Waals surface area (Å²) >= 11 is 6.16. The van der Waals surface area contributed by atoms with Crippen LogP contribution >= 0.6 is 11.6 Å². The Balaban J connectivity index is 1.71. The van der Waals surface area contributed by atoms with E-state index in [2.05, 4.69) is 25.4 Å². The summed E-state index contributed by atoms with van der Waals surface area (Å²) in [6, 6.07) is 12.7. The van der Waals surface area contributed by atoms with Crippen LogP contribution in [0.4, 0.5) is 5.88 Å². The van der Waals surface area contributed by atoms with E-state index in [1.54, 1.807) is 30.6 Å². The molecule has 1 amide bonds. The maximum atomic E-state index is 12.6. The van der Waals surface area contributed by atoms with Gasteiger partial charge >= 0.3 is 0 Å². The Morgan fingerprint density at radius 1 is 1.07 bits per heavy atom. The van der Waals surface area contributed by atoms with Crippen molar-refractivity contribution in [3.63, 3.8) is 0 Å². The lowest BCUT2D eigenvalue weighted by Gasteiger charge is -2.07. The molecule has 0 fully saturated rings. The molecule has 29 heavy (non-hydrogen) atoms. The Bertz CT molecular complexity index is 1160. The molecule has 0 aliphatic carbocycles. The van der Waals surface area contributed by atoms with Gasteiger partial charge in [0.25, 0.3) is 0 Å². The van der Waals surface area contributed by atoms with Gasteiger partial charge in [-0.05, 0) is 36.2 Å². The minimum Gasteiger partial charge on any atom is -0.337 e. The van der Waals surface area contributed by atoms with Crippen LogP contribution in [0.2, 0.25) is 5.02 Å². The molecule has 7 nitrogen and oxygen atoms in total. The summed E-state index contributed by atoms with van der Waals surface area (Å²) in [5.41, 5.74) is 3.89. The normalized spacial score (nSPS) is 10.7. The van der Waals surface area contributed by atoms with E-state index in [1.807, 2.05) is 31.2 Å². The smallest absolute Gasteiger partial charge is 0.241 e. The van der Waals surface area contributed by atoms with E-state index < -0.39 is 0 Å². The lowest BCUT2D eigenvalue weighted by molar-refractivity contribution is -0.115. The van der Waals surface area contributed by atoms with Gasteiger partial charge in [-0.2, -0.15) is 0 Å². The minimum absolute atomic E-state index is 0.0987. The van der Waals surface area contributed by atoms with E-state index in [0.717, 1.165) is 11.1 Å². The molecular weight excluding hydrogens is 390 g/mol. The van der Waals surface area contributed by atoms with Crippen LogP contribution < -0.4 is 5.32 Å². The third-order valence-corrected chi connectivity index (χ3v) is 4.69. The quantitative estimate of drug-likeness (QED) is 0.531. The zero-order chi connectivity index (χ0) is 20.2. The number of pyridine rings is 1. The Morgan fingerprint density at radius 2 is 1.93 bits per heavy atom. The van der Waals surface area contributed by atoms with E-state index in [4.69, 9.17) is 16.1 Å². The van der Waals surface area contributed by atoms with Crippen LogP contribution in [0, 0.1) is 6.92 Å². The van der Waals surface area contributed by atoms with Crippen molar-refractivity contribution in [2.75, 3.05) is 5.32 Å². The number of benzene rings is 1. The first kappa shape index (κ1) is 18.8. The Hall–Kier alpha value is -3.58. The molecule has 4 rings (SSSR count). The van der Waals surface area contributed by atoms with E-state index >= 15 is 0 Å². The zero-order valence-corrected chi connectivity index (χ0v) is 16.2. The average Bonchev–Trinajstić information content (AvgIpc) is 3.14. The van der Waals surface area contributed by atoms with Gasteiger partial charge in [-0.3, -0.25) is 15.1 Å². The molecule has 0 aliphatic heterocycles. The largest absolute Gasteiger partial charge is 0.337 e. The number of amides is 1. The van der Waals surface area contributed by atoms with Crippen molar-refractivity contribution in [2.45, 2.75) is 13.3 Å². The van der Waals surface area contributed by atoms with Crippen LogP contribution in [0.5, 0.6) is 0 Å². The highest BCUT2D eigenvalue weighted by atomic mass is 35.5. The molecule has 0 spiro atoms. The first-order valence-corrected chi connectivity index (χ1v) is 9.22. The van der Waals surface area contributed by atoms with Crippen molar-refractivity contribution >= 4 is 23.4 Å². The predicted octanol–water partition coefficient (Wildman–Crippen LogP) is 4.34. The van der Waals surface area contributed by atoms with Crippen molar-refractivity contribution < 1.29 is 9.32 Å². The summed E-state index contributed by atoms with van der Waals surface area (Å²) < 4.78 is 5.48.